The van der Waals surface area contributed by atoms with Crippen LogP contribution < -0.4 is 5.32 Å². The first kappa shape index (κ1) is 13.5. The van der Waals surface area contributed by atoms with Gasteiger partial charge in [-0.15, -0.1) is 0 Å². The molecule has 0 aliphatic carbocycles. The Kier molecular flexibility index (Phi) is 3.98. The zero-order valence-corrected chi connectivity index (χ0v) is 12.6. The number of aryl methyl sites for hydroxylation is 2. The lowest BCUT2D eigenvalue weighted by atomic mass is 10.1. The molecule has 7 heteroatoms. The second kappa shape index (κ2) is 5.88. The summed E-state index contributed by atoms with van der Waals surface area (Å²) in [6.07, 6.45) is 4.99. The number of ether oxygens (including phenoxy) is 1. The average molecular weight is 293 g/mol. The van der Waals surface area contributed by atoms with Gasteiger partial charge in [-0.3, -0.25) is 0 Å². The second-order valence-corrected chi connectivity index (χ2v) is 5.84. The molecule has 3 heterocycles. The first-order valence-electron chi connectivity index (χ1n) is 6.85. The van der Waals surface area contributed by atoms with Gasteiger partial charge >= 0.3 is 0 Å². The number of hydrogen-bond acceptors (Lipinski definition) is 6. The van der Waals surface area contributed by atoms with Crippen LogP contribution in [0.5, 0.6) is 0 Å². The highest BCUT2D eigenvalue weighted by molar-refractivity contribution is 7.09. The van der Waals surface area contributed by atoms with Crippen molar-refractivity contribution in [3.63, 3.8) is 0 Å². The van der Waals surface area contributed by atoms with E-state index in [0.717, 1.165) is 42.5 Å². The highest BCUT2D eigenvalue weighted by Gasteiger charge is 2.20. The fourth-order valence-corrected chi connectivity index (χ4v) is 3.18. The summed E-state index contributed by atoms with van der Waals surface area (Å²) in [7, 11) is 1.69. The number of fused-ring (bicyclic) bond motifs is 1. The third-order valence-electron chi connectivity index (χ3n) is 3.44. The van der Waals surface area contributed by atoms with Crippen LogP contribution in [0.2, 0.25) is 0 Å². The van der Waals surface area contributed by atoms with Crippen LogP contribution in [0, 0.1) is 6.92 Å². The summed E-state index contributed by atoms with van der Waals surface area (Å²) in [6, 6.07) is 0.402. The molecule has 0 fully saturated rings. The number of aromatic nitrogens is 4. The molecule has 1 aliphatic heterocycles. The third-order valence-corrected chi connectivity index (χ3v) is 4.12. The SMILES string of the molecule is COCCc1nsc(N[C@@H]2CCc3nc(C)cn3C2)n1. The number of rotatable bonds is 5. The summed E-state index contributed by atoms with van der Waals surface area (Å²) in [5.74, 6) is 2.05. The molecule has 0 saturated heterocycles. The summed E-state index contributed by atoms with van der Waals surface area (Å²) >= 11 is 1.43. The van der Waals surface area contributed by atoms with Crippen LogP contribution in [0.3, 0.4) is 0 Å². The molecule has 3 rings (SSSR count). The molecule has 0 saturated carbocycles. The van der Waals surface area contributed by atoms with Gasteiger partial charge < -0.3 is 14.6 Å². The highest BCUT2D eigenvalue weighted by Crippen LogP contribution is 2.20. The van der Waals surface area contributed by atoms with Crippen LogP contribution in [-0.4, -0.2) is 38.7 Å². The molecular formula is C13H19N5OS. The lowest BCUT2D eigenvalue weighted by Gasteiger charge is -2.24. The van der Waals surface area contributed by atoms with Gasteiger partial charge in [0.1, 0.15) is 11.6 Å². The van der Waals surface area contributed by atoms with Gasteiger partial charge in [0.05, 0.1) is 12.3 Å². The summed E-state index contributed by atoms with van der Waals surface area (Å²) in [5, 5.41) is 4.39. The molecule has 6 nitrogen and oxygen atoms in total. The van der Waals surface area contributed by atoms with Crippen molar-refractivity contribution >= 4 is 16.7 Å². The predicted octanol–water partition coefficient (Wildman–Crippen LogP) is 1.66. The number of hydrogen-bond donors (Lipinski definition) is 1. The maximum absolute atomic E-state index is 5.04. The Bertz CT molecular complexity index is 579. The van der Waals surface area contributed by atoms with Crippen molar-refractivity contribution in [1.82, 2.24) is 18.9 Å². The van der Waals surface area contributed by atoms with Crippen LogP contribution in [-0.2, 0) is 24.1 Å². The molecule has 20 heavy (non-hydrogen) atoms. The summed E-state index contributed by atoms with van der Waals surface area (Å²) in [5.41, 5.74) is 1.10. The Morgan fingerprint density at radius 1 is 1.50 bits per heavy atom. The Morgan fingerprint density at radius 2 is 2.40 bits per heavy atom. The molecule has 0 unspecified atom stereocenters. The van der Waals surface area contributed by atoms with E-state index in [1.54, 1.807) is 7.11 Å². The molecule has 0 radical (unpaired) electrons. The summed E-state index contributed by atoms with van der Waals surface area (Å²) in [6.45, 7) is 3.65. The van der Waals surface area contributed by atoms with Gasteiger partial charge in [0.2, 0.25) is 5.13 Å². The number of imidazole rings is 1. The Labute approximate surface area is 122 Å². The van der Waals surface area contributed by atoms with Gasteiger partial charge in [0, 0.05) is 50.3 Å². The predicted molar refractivity (Wildman–Crippen MR) is 78.2 cm³/mol. The van der Waals surface area contributed by atoms with E-state index in [9.17, 15) is 0 Å². The van der Waals surface area contributed by atoms with Crippen LogP contribution >= 0.6 is 11.5 Å². The van der Waals surface area contributed by atoms with Crippen LogP contribution in [0.25, 0.3) is 0 Å². The molecule has 1 atom stereocenters. The fourth-order valence-electron chi connectivity index (χ4n) is 2.49. The number of anilines is 1. The normalized spacial score (nSPS) is 18.0. The van der Waals surface area contributed by atoms with E-state index in [1.165, 1.54) is 17.4 Å². The van der Waals surface area contributed by atoms with Crippen LogP contribution in [0.1, 0.15) is 23.8 Å². The molecule has 2 aromatic heterocycles. The molecule has 0 spiro atoms. The Morgan fingerprint density at radius 3 is 3.25 bits per heavy atom. The van der Waals surface area contributed by atoms with E-state index in [2.05, 4.69) is 30.4 Å². The van der Waals surface area contributed by atoms with E-state index >= 15 is 0 Å². The van der Waals surface area contributed by atoms with Gasteiger partial charge in [0.15, 0.2) is 0 Å². The number of nitrogens with zero attached hydrogens (tertiary/aromatic N) is 4. The zero-order valence-electron chi connectivity index (χ0n) is 11.8. The number of methoxy groups -OCH3 is 1. The maximum atomic E-state index is 5.04. The lowest BCUT2D eigenvalue weighted by molar-refractivity contribution is 0.201. The van der Waals surface area contributed by atoms with Crippen molar-refractivity contribution < 1.29 is 4.74 Å². The van der Waals surface area contributed by atoms with Crippen molar-refractivity contribution in [2.24, 2.45) is 0 Å². The van der Waals surface area contributed by atoms with Gasteiger partial charge in [-0.2, -0.15) is 4.37 Å². The highest BCUT2D eigenvalue weighted by atomic mass is 32.1. The summed E-state index contributed by atoms with van der Waals surface area (Å²) in [4.78, 5) is 9.02. The fraction of sp³-hybridized carbons (Fsp3) is 0.615. The molecule has 0 aromatic carbocycles. The quantitative estimate of drug-likeness (QED) is 0.908. The maximum Gasteiger partial charge on any atom is 0.202 e. The molecule has 1 N–H and O–H groups in total. The average Bonchev–Trinajstić information content (AvgIpc) is 3.01. The van der Waals surface area contributed by atoms with E-state index in [-0.39, 0.29) is 0 Å². The Balaban J connectivity index is 1.60. The van der Waals surface area contributed by atoms with E-state index in [0.29, 0.717) is 12.6 Å². The largest absolute Gasteiger partial charge is 0.384 e. The topological polar surface area (TPSA) is 64.9 Å². The van der Waals surface area contributed by atoms with Gasteiger partial charge in [-0.05, 0) is 13.3 Å². The standard InChI is InChI=1S/C13H19N5OS/c1-9-7-18-8-10(3-4-12(18)14-9)15-13-16-11(17-20-13)5-6-19-2/h7,10H,3-6,8H2,1-2H3,(H,15,16,17)/t10-/m1/s1. The van der Waals surface area contributed by atoms with Crippen molar-refractivity contribution in [2.75, 3.05) is 19.0 Å². The zero-order chi connectivity index (χ0) is 13.9. The van der Waals surface area contributed by atoms with Crippen LogP contribution in [0.4, 0.5) is 5.13 Å². The third kappa shape index (κ3) is 2.99. The molecule has 108 valence electrons. The van der Waals surface area contributed by atoms with E-state index < -0.39 is 0 Å². The van der Waals surface area contributed by atoms with Crippen molar-refractivity contribution in [2.45, 2.75) is 38.8 Å². The minimum absolute atomic E-state index is 0.402. The van der Waals surface area contributed by atoms with Gasteiger partial charge in [-0.25, -0.2) is 9.97 Å². The van der Waals surface area contributed by atoms with Crippen molar-refractivity contribution in [1.29, 1.82) is 0 Å². The minimum Gasteiger partial charge on any atom is -0.384 e. The minimum atomic E-state index is 0.402. The first-order valence-corrected chi connectivity index (χ1v) is 7.62. The molecule has 1 aliphatic rings. The van der Waals surface area contributed by atoms with E-state index in [4.69, 9.17) is 4.74 Å². The van der Waals surface area contributed by atoms with E-state index in [1.807, 2.05) is 6.92 Å². The molecule has 0 amide bonds. The van der Waals surface area contributed by atoms with Gasteiger partial charge in [0.25, 0.3) is 0 Å². The van der Waals surface area contributed by atoms with Gasteiger partial charge in [-0.1, -0.05) is 0 Å². The monoisotopic (exact) mass is 293 g/mol. The second-order valence-electron chi connectivity index (χ2n) is 5.09. The van der Waals surface area contributed by atoms with Crippen LogP contribution in [0.15, 0.2) is 6.20 Å². The number of nitrogens with one attached hydrogen (secondary N) is 1. The first-order chi connectivity index (χ1) is 9.74. The lowest BCUT2D eigenvalue weighted by Crippen LogP contribution is -2.31. The van der Waals surface area contributed by atoms with Crippen molar-refractivity contribution in [3.05, 3.63) is 23.5 Å². The van der Waals surface area contributed by atoms with Crippen molar-refractivity contribution in [3.8, 4) is 0 Å². The molecular weight excluding hydrogens is 274 g/mol. The summed E-state index contributed by atoms with van der Waals surface area (Å²) < 4.78 is 11.6. The Hall–Kier alpha value is -1.47. The molecule has 2 aromatic rings. The smallest absolute Gasteiger partial charge is 0.202 e. The molecule has 0 bridgehead atoms.